The molecule has 0 aliphatic rings. The lowest BCUT2D eigenvalue weighted by molar-refractivity contribution is -0.133. The van der Waals surface area contributed by atoms with Crippen molar-refractivity contribution in [2.24, 2.45) is 0 Å². The molecule has 2 aromatic carbocycles. The van der Waals surface area contributed by atoms with Crippen LogP contribution in [0.5, 0.6) is 0 Å². The van der Waals surface area contributed by atoms with Crippen molar-refractivity contribution >= 4 is 23.6 Å². The number of nitrogens with one attached hydrogen (secondary N) is 2. The first-order valence-corrected chi connectivity index (χ1v) is 7.71. The third kappa shape index (κ3) is 4.91. The summed E-state index contributed by atoms with van der Waals surface area (Å²) in [6.07, 6.45) is 0. The predicted molar refractivity (Wildman–Crippen MR) is 86.3 cm³/mol. The molecule has 5 nitrogen and oxygen atoms in total. The highest BCUT2D eigenvalue weighted by molar-refractivity contribution is 8.00. The quantitative estimate of drug-likeness (QED) is 0.540. The number of hydrogen-bond donors (Lipinski definition) is 3. The number of thioether (sulfide) groups is 1. The van der Waals surface area contributed by atoms with Crippen LogP contribution in [0, 0.1) is 0 Å². The zero-order valence-electron chi connectivity index (χ0n) is 11.7. The molecule has 0 radical (unpaired) electrons. The van der Waals surface area contributed by atoms with E-state index in [1.165, 1.54) is 11.8 Å². The average Bonchev–Trinajstić information content (AvgIpc) is 2.56. The SMILES string of the molecule is O=C(O)CS[C@@H](NNC(=O)c1ccccc1)c1ccccc1. The molecule has 0 fully saturated rings. The predicted octanol–water partition coefficient (Wildman–Crippen LogP) is 2.44. The number of amides is 1. The number of benzene rings is 2. The third-order valence-electron chi connectivity index (χ3n) is 2.83. The van der Waals surface area contributed by atoms with Gasteiger partial charge in [-0.1, -0.05) is 48.5 Å². The number of carbonyl (C=O) groups is 2. The molecule has 0 unspecified atom stereocenters. The summed E-state index contributed by atoms with van der Waals surface area (Å²) in [6, 6.07) is 18.2. The van der Waals surface area contributed by atoms with E-state index in [4.69, 9.17) is 5.11 Å². The summed E-state index contributed by atoms with van der Waals surface area (Å²) in [6.45, 7) is 0. The van der Waals surface area contributed by atoms with Crippen molar-refractivity contribution in [3.63, 3.8) is 0 Å². The minimum absolute atomic E-state index is 0.0617. The Morgan fingerprint density at radius 1 is 1.00 bits per heavy atom. The molecule has 0 aliphatic heterocycles. The van der Waals surface area contributed by atoms with E-state index in [2.05, 4.69) is 10.9 Å². The molecule has 2 aromatic rings. The van der Waals surface area contributed by atoms with Crippen LogP contribution in [-0.2, 0) is 4.79 Å². The Hall–Kier alpha value is -2.31. The number of rotatable bonds is 7. The molecule has 114 valence electrons. The van der Waals surface area contributed by atoms with Crippen LogP contribution < -0.4 is 10.9 Å². The fourth-order valence-corrected chi connectivity index (χ4v) is 2.60. The Morgan fingerprint density at radius 2 is 1.59 bits per heavy atom. The highest BCUT2D eigenvalue weighted by atomic mass is 32.2. The molecule has 1 atom stereocenters. The molecule has 0 saturated heterocycles. The smallest absolute Gasteiger partial charge is 0.313 e. The van der Waals surface area contributed by atoms with Gasteiger partial charge in [0.1, 0.15) is 0 Å². The molecule has 3 N–H and O–H groups in total. The second kappa shape index (κ2) is 8.21. The topological polar surface area (TPSA) is 78.4 Å². The van der Waals surface area contributed by atoms with Gasteiger partial charge < -0.3 is 5.11 Å². The molecule has 2 rings (SSSR count). The number of aliphatic carboxylic acids is 1. The molecule has 22 heavy (non-hydrogen) atoms. The minimum Gasteiger partial charge on any atom is -0.481 e. The van der Waals surface area contributed by atoms with E-state index >= 15 is 0 Å². The average molecular weight is 316 g/mol. The summed E-state index contributed by atoms with van der Waals surface area (Å²) < 4.78 is 0. The highest BCUT2D eigenvalue weighted by Crippen LogP contribution is 2.25. The molecule has 1 amide bonds. The van der Waals surface area contributed by atoms with Crippen LogP contribution in [-0.4, -0.2) is 22.7 Å². The van der Waals surface area contributed by atoms with Crippen molar-refractivity contribution < 1.29 is 14.7 Å². The standard InChI is InChI=1S/C16H16N2O3S/c19-14(20)11-22-16(13-9-5-2-6-10-13)18-17-15(21)12-7-3-1-4-8-12/h1-10,16,18H,11H2,(H,17,21)(H,19,20)/t16-/m1/s1. The Kier molecular flexibility index (Phi) is 6.00. The normalized spacial score (nSPS) is 11.6. The van der Waals surface area contributed by atoms with Crippen LogP contribution in [0.1, 0.15) is 21.3 Å². The van der Waals surface area contributed by atoms with Crippen LogP contribution in [0.2, 0.25) is 0 Å². The first-order chi connectivity index (χ1) is 10.7. The van der Waals surface area contributed by atoms with Crippen LogP contribution in [0.25, 0.3) is 0 Å². The van der Waals surface area contributed by atoms with Gasteiger partial charge in [0.2, 0.25) is 0 Å². The van der Waals surface area contributed by atoms with E-state index in [0.29, 0.717) is 5.56 Å². The Morgan fingerprint density at radius 3 is 2.18 bits per heavy atom. The Bertz CT molecular complexity index is 620. The maximum Gasteiger partial charge on any atom is 0.313 e. The fourth-order valence-electron chi connectivity index (χ4n) is 1.80. The minimum atomic E-state index is -0.901. The number of carboxylic acid groups (broad SMARTS) is 1. The van der Waals surface area contributed by atoms with Crippen molar-refractivity contribution in [3.05, 3.63) is 71.8 Å². The van der Waals surface area contributed by atoms with Gasteiger partial charge in [0.05, 0.1) is 11.1 Å². The molecule has 0 spiro atoms. The van der Waals surface area contributed by atoms with Crippen molar-refractivity contribution in [3.8, 4) is 0 Å². The molecular weight excluding hydrogens is 300 g/mol. The van der Waals surface area contributed by atoms with Gasteiger partial charge in [0, 0.05) is 5.56 Å². The summed E-state index contributed by atoms with van der Waals surface area (Å²) in [7, 11) is 0. The molecule has 0 aromatic heterocycles. The van der Waals surface area contributed by atoms with Gasteiger partial charge in [0.25, 0.3) is 5.91 Å². The lowest BCUT2D eigenvalue weighted by Gasteiger charge is -2.18. The second-order valence-corrected chi connectivity index (χ2v) is 5.55. The molecule has 0 bridgehead atoms. The highest BCUT2D eigenvalue weighted by Gasteiger charge is 2.14. The van der Waals surface area contributed by atoms with Gasteiger partial charge in [-0.25, -0.2) is 5.43 Å². The number of carboxylic acids is 1. The molecule has 6 heteroatoms. The number of carbonyl (C=O) groups excluding carboxylic acids is 1. The molecule has 0 saturated carbocycles. The monoisotopic (exact) mass is 316 g/mol. The van der Waals surface area contributed by atoms with Crippen LogP contribution >= 0.6 is 11.8 Å². The Balaban J connectivity index is 2.00. The van der Waals surface area contributed by atoms with Crippen LogP contribution in [0.3, 0.4) is 0 Å². The van der Waals surface area contributed by atoms with Crippen molar-refractivity contribution in [2.45, 2.75) is 5.37 Å². The number of hydrogen-bond acceptors (Lipinski definition) is 4. The number of hydrazine groups is 1. The van der Waals surface area contributed by atoms with Crippen LogP contribution in [0.15, 0.2) is 60.7 Å². The third-order valence-corrected chi connectivity index (χ3v) is 3.97. The first-order valence-electron chi connectivity index (χ1n) is 6.66. The second-order valence-electron chi connectivity index (χ2n) is 4.46. The fraction of sp³-hybridized carbons (Fsp3) is 0.125. The van der Waals surface area contributed by atoms with Gasteiger partial charge >= 0.3 is 5.97 Å². The molecule has 0 aliphatic carbocycles. The summed E-state index contributed by atoms with van der Waals surface area (Å²) >= 11 is 1.19. The van der Waals surface area contributed by atoms with E-state index in [0.717, 1.165) is 5.56 Å². The van der Waals surface area contributed by atoms with Gasteiger partial charge in [0.15, 0.2) is 0 Å². The van der Waals surface area contributed by atoms with E-state index < -0.39 is 5.97 Å². The van der Waals surface area contributed by atoms with Gasteiger partial charge in [-0.3, -0.25) is 15.0 Å². The molecular formula is C16H16N2O3S. The zero-order valence-corrected chi connectivity index (χ0v) is 12.5. The van der Waals surface area contributed by atoms with E-state index in [9.17, 15) is 9.59 Å². The summed E-state index contributed by atoms with van der Waals surface area (Å²) in [5.41, 5.74) is 6.93. The maximum atomic E-state index is 12.0. The summed E-state index contributed by atoms with van der Waals surface area (Å²) in [4.78, 5) is 22.8. The lowest BCUT2D eigenvalue weighted by atomic mass is 10.2. The summed E-state index contributed by atoms with van der Waals surface area (Å²) in [5, 5.41) is 8.49. The van der Waals surface area contributed by atoms with E-state index in [-0.39, 0.29) is 17.0 Å². The van der Waals surface area contributed by atoms with Gasteiger partial charge in [-0.15, -0.1) is 11.8 Å². The van der Waals surface area contributed by atoms with E-state index in [1.54, 1.807) is 24.3 Å². The van der Waals surface area contributed by atoms with Gasteiger partial charge in [-0.2, -0.15) is 0 Å². The van der Waals surface area contributed by atoms with E-state index in [1.807, 2.05) is 36.4 Å². The van der Waals surface area contributed by atoms with Gasteiger partial charge in [-0.05, 0) is 17.7 Å². The van der Waals surface area contributed by atoms with Crippen molar-refractivity contribution in [2.75, 3.05) is 5.75 Å². The zero-order chi connectivity index (χ0) is 15.8. The Labute approximate surface area is 132 Å². The molecule has 0 heterocycles. The lowest BCUT2D eigenvalue weighted by Crippen LogP contribution is -2.39. The first kappa shape index (κ1) is 16.1. The maximum absolute atomic E-state index is 12.0. The van der Waals surface area contributed by atoms with Crippen LogP contribution in [0.4, 0.5) is 0 Å². The van der Waals surface area contributed by atoms with Crippen molar-refractivity contribution in [1.29, 1.82) is 0 Å². The largest absolute Gasteiger partial charge is 0.481 e. The van der Waals surface area contributed by atoms with Crippen molar-refractivity contribution in [1.82, 2.24) is 10.9 Å². The summed E-state index contributed by atoms with van der Waals surface area (Å²) in [5.74, 6) is -1.23.